The molecule has 1 N–H and O–H groups in total. The summed E-state index contributed by atoms with van der Waals surface area (Å²) in [6.07, 6.45) is 17.0. The standard InChI is InChI=1S/C28H37N3/c1-23-14-16-24(17-15-23)27(18-22-31-20-5-6-21-31)28-13-7-11-26(30-28)12-8-19-29-25-9-3-2-4-10-25/h7-8,11,13-19,25,29H,2-6,9-10,12,20-22H2,1H3. The average Bonchev–Trinajstić information content (AvgIpc) is 3.33. The van der Waals surface area contributed by atoms with Crippen molar-refractivity contribution < 1.29 is 0 Å². The predicted octanol–water partition coefficient (Wildman–Crippen LogP) is 5.90. The molecule has 3 nitrogen and oxygen atoms in total. The van der Waals surface area contributed by atoms with E-state index in [1.54, 1.807) is 0 Å². The van der Waals surface area contributed by atoms with Crippen molar-refractivity contribution in [2.24, 2.45) is 0 Å². The lowest BCUT2D eigenvalue weighted by Gasteiger charge is -2.21. The Balaban J connectivity index is 1.46. The first-order valence-electron chi connectivity index (χ1n) is 12.1. The number of benzene rings is 1. The van der Waals surface area contributed by atoms with Crippen molar-refractivity contribution in [3.8, 4) is 0 Å². The number of hydrogen-bond acceptors (Lipinski definition) is 3. The van der Waals surface area contributed by atoms with E-state index < -0.39 is 0 Å². The number of nitrogens with one attached hydrogen (secondary N) is 1. The van der Waals surface area contributed by atoms with E-state index >= 15 is 0 Å². The van der Waals surface area contributed by atoms with Crippen LogP contribution in [0.5, 0.6) is 0 Å². The molecule has 0 atom stereocenters. The summed E-state index contributed by atoms with van der Waals surface area (Å²) in [6, 6.07) is 16.0. The minimum absolute atomic E-state index is 0.658. The van der Waals surface area contributed by atoms with Gasteiger partial charge in [0.2, 0.25) is 0 Å². The summed E-state index contributed by atoms with van der Waals surface area (Å²) >= 11 is 0. The van der Waals surface area contributed by atoms with Crippen LogP contribution in [0, 0.1) is 6.92 Å². The zero-order valence-corrected chi connectivity index (χ0v) is 19.0. The number of nitrogens with zero attached hydrogens (tertiary/aromatic N) is 2. The lowest BCUT2D eigenvalue weighted by molar-refractivity contribution is 0.377. The highest BCUT2D eigenvalue weighted by atomic mass is 15.1. The van der Waals surface area contributed by atoms with Gasteiger partial charge in [-0.1, -0.05) is 67.3 Å². The topological polar surface area (TPSA) is 28.2 Å². The molecule has 0 bridgehead atoms. The van der Waals surface area contributed by atoms with Crippen molar-refractivity contribution in [1.29, 1.82) is 0 Å². The van der Waals surface area contributed by atoms with E-state index in [0.29, 0.717) is 6.04 Å². The van der Waals surface area contributed by atoms with Gasteiger partial charge in [0.15, 0.2) is 0 Å². The minimum Gasteiger partial charge on any atom is -0.388 e. The smallest absolute Gasteiger partial charge is 0.0708 e. The zero-order valence-electron chi connectivity index (χ0n) is 19.0. The maximum Gasteiger partial charge on any atom is 0.0708 e. The molecular weight excluding hydrogens is 378 g/mol. The van der Waals surface area contributed by atoms with Crippen LogP contribution in [0.15, 0.2) is 60.8 Å². The number of aryl methyl sites for hydroxylation is 1. The molecular formula is C28H37N3. The molecule has 1 aromatic carbocycles. The summed E-state index contributed by atoms with van der Waals surface area (Å²) < 4.78 is 0. The number of likely N-dealkylation sites (tertiary alicyclic amines) is 1. The quantitative estimate of drug-likeness (QED) is 0.582. The van der Waals surface area contributed by atoms with Crippen LogP contribution < -0.4 is 5.32 Å². The van der Waals surface area contributed by atoms with Crippen molar-refractivity contribution >= 4 is 5.57 Å². The Hall–Kier alpha value is -2.39. The van der Waals surface area contributed by atoms with Crippen LogP contribution in [0.4, 0.5) is 0 Å². The van der Waals surface area contributed by atoms with E-state index in [4.69, 9.17) is 4.98 Å². The van der Waals surface area contributed by atoms with Gasteiger partial charge in [-0.25, -0.2) is 0 Å². The largest absolute Gasteiger partial charge is 0.388 e. The fourth-order valence-corrected chi connectivity index (χ4v) is 4.69. The van der Waals surface area contributed by atoms with Gasteiger partial charge in [0.1, 0.15) is 0 Å². The second kappa shape index (κ2) is 11.3. The molecule has 1 saturated carbocycles. The van der Waals surface area contributed by atoms with Gasteiger partial charge in [0.25, 0.3) is 0 Å². The highest BCUT2D eigenvalue weighted by Gasteiger charge is 2.13. The van der Waals surface area contributed by atoms with Gasteiger partial charge >= 0.3 is 0 Å². The van der Waals surface area contributed by atoms with Crippen molar-refractivity contribution in [2.45, 2.75) is 64.3 Å². The Labute approximate surface area is 188 Å². The molecule has 164 valence electrons. The summed E-state index contributed by atoms with van der Waals surface area (Å²) in [6.45, 7) is 5.57. The second-order valence-corrected chi connectivity index (χ2v) is 9.11. The molecule has 1 aliphatic carbocycles. The van der Waals surface area contributed by atoms with E-state index in [1.807, 2.05) is 0 Å². The monoisotopic (exact) mass is 415 g/mol. The molecule has 0 amide bonds. The van der Waals surface area contributed by atoms with Gasteiger partial charge < -0.3 is 5.32 Å². The summed E-state index contributed by atoms with van der Waals surface area (Å²) in [5, 5.41) is 3.59. The van der Waals surface area contributed by atoms with E-state index in [9.17, 15) is 0 Å². The third-order valence-corrected chi connectivity index (χ3v) is 6.58. The van der Waals surface area contributed by atoms with Crippen LogP contribution in [-0.2, 0) is 6.42 Å². The molecule has 1 saturated heterocycles. The molecule has 0 spiro atoms. The van der Waals surface area contributed by atoms with Crippen LogP contribution in [0.2, 0.25) is 0 Å². The van der Waals surface area contributed by atoms with Gasteiger partial charge in [-0.3, -0.25) is 9.88 Å². The highest BCUT2D eigenvalue weighted by molar-refractivity contribution is 5.78. The van der Waals surface area contributed by atoms with Gasteiger partial charge in [-0.05, 0) is 69.6 Å². The van der Waals surface area contributed by atoms with E-state index in [0.717, 1.165) is 24.4 Å². The Morgan fingerprint density at radius 1 is 1.00 bits per heavy atom. The fourth-order valence-electron chi connectivity index (χ4n) is 4.69. The number of hydrogen-bond donors (Lipinski definition) is 1. The first-order valence-corrected chi connectivity index (χ1v) is 12.1. The Morgan fingerprint density at radius 2 is 1.77 bits per heavy atom. The van der Waals surface area contributed by atoms with Gasteiger partial charge in [-0.2, -0.15) is 0 Å². The average molecular weight is 416 g/mol. The number of allylic oxidation sites excluding steroid dienone is 1. The second-order valence-electron chi connectivity index (χ2n) is 9.11. The molecule has 0 radical (unpaired) electrons. The highest BCUT2D eigenvalue weighted by Crippen LogP contribution is 2.24. The zero-order chi connectivity index (χ0) is 21.3. The Bertz CT molecular complexity index is 869. The molecule has 2 fully saturated rings. The SMILES string of the molecule is Cc1ccc(C(=CCN2CCCC2)c2cccc(CC=CNC3CCCCC3)n2)cc1. The Kier molecular flexibility index (Phi) is 7.95. The lowest BCUT2D eigenvalue weighted by atomic mass is 9.96. The fraction of sp³-hybridized carbons (Fsp3) is 0.464. The van der Waals surface area contributed by atoms with Crippen molar-refractivity contribution in [3.63, 3.8) is 0 Å². The van der Waals surface area contributed by atoms with Crippen LogP contribution in [0.3, 0.4) is 0 Å². The number of aromatic nitrogens is 1. The maximum atomic E-state index is 5.04. The Morgan fingerprint density at radius 3 is 2.55 bits per heavy atom. The van der Waals surface area contributed by atoms with Crippen LogP contribution >= 0.6 is 0 Å². The van der Waals surface area contributed by atoms with Gasteiger partial charge in [0, 0.05) is 30.3 Å². The number of pyridine rings is 1. The third kappa shape index (κ3) is 6.54. The summed E-state index contributed by atoms with van der Waals surface area (Å²) in [5.74, 6) is 0. The van der Waals surface area contributed by atoms with Crippen LogP contribution in [0.1, 0.15) is 67.5 Å². The summed E-state index contributed by atoms with van der Waals surface area (Å²) in [5.41, 5.74) is 5.99. The molecule has 2 heterocycles. The predicted molar refractivity (Wildman–Crippen MR) is 131 cm³/mol. The van der Waals surface area contributed by atoms with Crippen molar-refractivity contribution in [2.75, 3.05) is 19.6 Å². The summed E-state index contributed by atoms with van der Waals surface area (Å²) in [4.78, 5) is 7.58. The first kappa shape index (κ1) is 21.8. The summed E-state index contributed by atoms with van der Waals surface area (Å²) in [7, 11) is 0. The van der Waals surface area contributed by atoms with Gasteiger partial charge in [-0.15, -0.1) is 0 Å². The molecule has 0 unspecified atom stereocenters. The van der Waals surface area contributed by atoms with Crippen LogP contribution in [0.25, 0.3) is 5.57 Å². The van der Waals surface area contributed by atoms with Crippen molar-refractivity contribution in [1.82, 2.24) is 15.2 Å². The number of rotatable bonds is 8. The molecule has 1 aliphatic heterocycles. The van der Waals surface area contributed by atoms with E-state index in [1.165, 1.54) is 74.7 Å². The van der Waals surface area contributed by atoms with E-state index in [2.05, 4.69) is 78.0 Å². The normalized spacial score (nSPS) is 18.7. The third-order valence-electron chi connectivity index (χ3n) is 6.58. The molecule has 31 heavy (non-hydrogen) atoms. The minimum atomic E-state index is 0.658. The van der Waals surface area contributed by atoms with Crippen LogP contribution in [-0.4, -0.2) is 35.6 Å². The molecule has 4 rings (SSSR count). The first-order chi connectivity index (χ1) is 15.3. The molecule has 1 aromatic heterocycles. The molecule has 2 aromatic rings. The maximum absolute atomic E-state index is 5.04. The lowest BCUT2D eigenvalue weighted by Crippen LogP contribution is -2.26. The molecule has 2 aliphatic rings. The molecule has 3 heteroatoms. The van der Waals surface area contributed by atoms with Gasteiger partial charge in [0.05, 0.1) is 5.69 Å². The van der Waals surface area contributed by atoms with E-state index in [-0.39, 0.29) is 0 Å². The van der Waals surface area contributed by atoms with Crippen molar-refractivity contribution in [3.05, 3.63) is 83.3 Å².